The zero-order valence-corrected chi connectivity index (χ0v) is 11.6. The number of hydrogen-bond acceptors (Lipinski definition) is 2. The summed E-state index contributed by atoms with van der Waals surface area (Å²) in [6.07, 6.45) is 5.73. The highest BCUT2D eigenvalue weighted by Crippen LogP contribution is 2.29. The molecule has 0 atom stereocenters. The molecule has 1 aromatic rings. The zero-order valence-electron chi connectivity index (χ0n) is 10.8. The van der Waals surface area contributed by atoms with Crippen molar-refractivity contribution in [3.05, 3.63) is 35.4 Å². The van der Waals surface area contributed by atoms with Gasteiger partial charge in [0.2, 0.25) is 0 Å². The third-order valence-electron chi connectivity index (χ3n) is 3.43. The molecule has 1 aliphatic carbocycles. The van der Waals surface area contributed by atoms with Crippen LogP contribution in [0.1, 0.15) is 36.8 Å². The molecule has 0 saturated heterocycles. The molecule has 0 amide bonds. The first kappa shape index (κ1) is 13.5. The summed E-state index contributed by atoms with van der Waals surface area (Å²) in [6, 6.07) is 8.42. The molecule has 2 rings (SSSR count). The third kappa shape index (κ3) is 4.08. The van der Waals surface area contributed by atoms with Gasteiger partial charge in [-0.2, -0.15) is 11.8 Å². The minimum absolute atomic E-state index is 0.434. The molecule has 1 fully saturated rings. The van der Waals surface area contributed by atoms with Crippen molar-refractivity contribution in [3.63, 3.8) is 0 Å². The highest BCUT2D eigenvalue weighted by Gasteiger charge is 2.14. The molecule has 0 radical (unpaired) electrons. The standard InChI is InChI=1S/C16H21NS/c17-11-5-10-15-8-3-4-9-16(15)13-18-12-14-6-1-2-7-14/h3-4,8-9,14H,1-2,6-7,11-13,17H2. The van der Waals surface area contributed by atoms with Crippen molar-refractivity contribution in [1.82, 2.24) is 0 Å². The molecule has 96 valence electrons. The largest absolute Gasteiger partial charge is 0.320 e. The molecule has 0 aromatic heterocycles. The van der Waals surface area contributed by atoms with E-state index in [1.807, 2.05) is 6.07 Å². The quantitative estimate of drug-likeness (QED) is 0.838. The summed E-state index contributed by atoms with van der Waals surface area (Å²) >= 11 is 2.05. The van der Waals surface area contributed by atoms with Crippen LogP contribution in [0.4, 0.5) is 0 Å². The van der Waals surface area contributed by atoms with Crippen molar-refractivity contribution >= 4 is 11.8 Å². The van der Waals surface area contributed by atoms with Gasteiger partial charge in [0.25, 0.3) is 0 Å². The van der Waals surface area contributed by atoms with Gasteiger partial charge in [-0.1, -0.05) is 42.9 Å². The number of nitrogens with two attached hydrogens (primary N) is 1. The molecular formula is C16H21NS. The van der Waals surface area contributed by atoms with E-state index in [-0.39, 0.29) is 0 Å². The van der Waals surface area contributed by atoms with Crippen molar-refractivity contribution in [1.29, 1.82) is 0 Å². The highest BCUT2D eigenvalue weighted by atomic mass is 32.2. The summed E-state index contributed by atoms with van der Waals surface area (Å²) in [5, 5.41) is 0. The van der Waals surface area contributed by atoms with Gasteiger partial charge in [-0.15, -0.1) is 0 Å². The first-order chi connectivity index (χ1) is 8.90. The van der Waals surface area contributed by atoms with Gasteiger partial charge in [-0.25, -0.2) is 0 Å². The van der Waals surface area contributed by atoms with E-state index in [0.29, 0.717) is 6.54 Å². The Balaban J connectivity index is 1.87. The molecule has 0 aliphatic heterocycles. The number of hydrogen-bond donors (Lipinski definition) is 1. The van der Waals surface area contributed by atoms with Crippen LogP contribution < -0.4 is 5.73 Å². The first-order valence-electron chi connectivity index (χ1n) is 6.74. The molecule has 0 unspecified atom stereocenters. The van der Waals surface area contributed by atoms with E-state index >= 15 is 0 Å². The van der Waals surface area contributed by atoms with Gasteiger partial charge < -0.3 is 5.73 Å². The van der Waals surface area contributed by atoms with Gasteiger partial charge in [0.1, 0.15) is 0 Å². The van der Waals surface area contributed by atoms with Gasteiger partial charge in [0, 0.05) is 11.3 Å². The fourth-order valence-corrected chi connectivity index (χ4v) is 3.68. The van der Waals surface area contributed by atoms with Gasteiger partial charge in [0.15, 0.2) is 0 Å². The smallest absolute Gasteiger partial charge is 0.0555 e. The van der Waals surface area contributed by atoms with Crippen LogP contribution in [0, 0.1) is 17.8 Å². The second kappa shape index (κ2) is 7.51. The van der Waals surface area contributed by atoms with Gasteiger partial charge in [0.05, 0.1) is 6.54 Å². The molecule has 18 heavy (non-hydrogen) atoms. The van der Waals surface area contributed by atoms with E-state index in [2.05, 4.69) is 41.8 Å². The van der Waals surface area contributed by atoms with Gasteiger partial charge in [-0.05, 0) is 36.1 Å². The van der Waals surface area contributed by atoms with Crippen LogP contribution in [-0.4, -0.2) is 12.3 Å². The fraction of sp³-hybridized carbons (Fsp3) is 0.500. The second-order valence-electron chi connectivity index (χ2n) is 4.83. The highest BCUT2D eigenvalue weighted by molar-refractivity contribution is 7.98. The van der Waals surface area contributed by atoms with E-state index in [0.717, 1.165) is 17.2 Å². The summed E-state index contributed by atoms with van der Waals surface area (Å²) in [4.78, 5) is 0. The Hall–Kier alpha value is -0.910. The van der Waals surface area contributed by atoms with E-state index in [4.69, 9.17) is 5.73 Å². The fourth-order valence-electron chi connectivity index (χ4n) is 2.43. The molecule has 0 heterocycles. The maximum Gasteiger partial charge on any atom is 0.0555 e. The molecule has 1 saturated carbocycles. The van der Waals surface area contributed by atoms with Crippen molar-refractivity contribution in [2.45, 2.75) is 31.4 Å². The minimum atomic E-state index is 0.434. The zero-order chi connectivity index (χ0) is 12.6. The predicted molar refractivity (Wildman–Crippen MR) is 80.5 cm³/mol. The van der Waals surface area contributed by atoms with Crippen LogP contribution in [0.5, 0.6) is 0 Å². The Morgan fingerprint density at radius 3 is 2.78 bits per heavy atom. The average Bonchev–Trinajstić information content (AvgIpc) is 2.91. The van der Waals surface area contributed by atoms with E-state index in [1.54, 1.807) is 0 Å². The minimum Gasteiger partial charge on any atom is -0.320 e. The third-order valence-corrected chi connectivity index (χ3v) is 4.65. The SMILES string of the molecule is NCC#Cc1ccccc1CSCC1CCCC1. The molecule has 0 bridgehead atoms. The van der Waals surface area contributed by atoms with Crippen LogP contribution in [0.3, 0.4) is 0 Å². The lowest BCUT2D eigenvalue weighted by Gasteiger charge is -2.09. The monoisotopic (exact) mass is 259 g/mol. The van der Waals surface area contributed by atoms with Gasteiger partial charge >= 0.3 is 0 Å². The molecule has 1 aromatic carbocycles. The van der Waals surface area contributed by atoms with Gasteiger partial charge in [-0.3, -0.25) is 0 Å². The molecule has 1 nitrogen and oxygen atoms in total. The van der Waals surface area contributed by atoms with E-state index in [1.165, 1.54) is 37.0 Å². The molecule has 0 spiro atoms. The second-order valence-corrected chi connectivity index (χ2v) is 5.86. The Bertz CT molecular complexity index is 424. The van der Waals surface area contributed by atoms with Crippen LogP contribution in [-0.2, 0) is 5.75 Å². The Morgan fingerprint density at radius 2 is 2.00 bits per heavy atom. The number of benzene rings is 1. The Kier molecular flexibility index (Phi) is 5.64. The van der Waals surface area contributed by atoms with E-state index < -0.39 is 0 Å². The van der Waals surface area contributed by atoms with Crippen LogP contribution >= 0.6 is 11.8 Å². The molecular weight excluding hydrogens is 238 g/mol. The lowest BCUT2D eigenvalue weighted by Crippen LogP contribution is -1.98. The topological polar surface area (TPSA) is 26.0 Å². The van der Waals surface area contributed by atoms with Crippen LogP contribution in [0.15, 0.2) is 24.3 Å². The average molecular weight is 259 g/mol. The molecule has 2 N–H and O–H groups in total. The molecule has 2 heteroatoms. The molecule has 1 aliphatic rings. The number of thioether (sulfide) groups is 1. The van der Waals surface area contributed by atoms with Crippen molar-refractivity contribution < 1.29 is 0 Å². The lowest BCUT2D eigenvalue weighted by atomic mass is 10.1. The summed E-state index contributed by atoms with van der Waals surface area (Å²) < 4.78 is 0. The Labute approximate surface area is 115 Å². The summed E-state index contributed by atoms with van der Waals surface area (Å²) in [7, 11) is 0. The van der Waals surface area contributed by atoms with Crippen LogP contribution in [0.2, 0.25) is 0 Å². The maximum atomic E-state index is 5.43. The lowest BCUT2D eigenvalue weighted by molar-refractivity contribution is 0.623. The van der Waals surface area contributed by atoms with Crippen molar-refractivity contribution in [2.24, 2.45) is 11.7 Å². The Morgan fingerprint density at radius 1 is 1.22 bits per heavy atom. The first-order valence-corrected chi connectivity index (χ1v) is 7.90. The van der Waals surface area contributed by atoms with E-state index in [9.17, 15) is 0 Å². The van der Waals surface area contributed by atoms with Crippen LogP contribution in [0.25, 0.3) is 0 Å². The van der Waals surface area contributed by atoms with Crippen molar-refractivity contribution in [2.75, 3.05) is 12.3 Å². The predicted octanol–water partition coefficient (Wildman–Crippen LogP) is 3.42. The summed E-state index contributed by atoms with van der Waals surface area (Å²) in [5.74, 6) is 9.44. The summed E-state index contributed by atoms with van der Waals surface area (Å²) in [6.45, 7) is 0.434. The maximum absolute atomic E-state index is 5.43. The summed E-state index contributed by atoms with van der Waals surface area (Å²) in [5.41, 5.74) is 7.92. The number of rotatable bonds is 4. The normalized spacial score (nSPS) is 15.4. The van der Waals surface area contributed by atoms with Crippen molar-refractivity contribution in [3.8, 4) is 11.8 Å².